The van der Waals surface area contributed by atoms with Crippen molar-refractivity contribution in [3.8, 4) is 0 Å². The molecule has 0 bridgehead atoms. The maximum atomic E-state index is 12.4. The third-order valence-electron chi connectivity index (χ3n) is 3.19. The molecule has 0 radical (unpaired) electrons. The van der Waals surface area contributed by atoms with E-state index in [1.807, 2.05) is 0 Å². The molecule has 0 unspecified atom stereocenters. The molecule has 0 saturated heterocycles. The van der Waals surface area contributed by atoms with E-state index in [2.05, 4.69) is 9.71 Å². The molecular formula is C15H13ClN2O3S. The number of rotatable bonds is 4. The molecule has 1 heterocycles. The quantitative estimate of drug-likeness (QED) is 0.793. The van der Waals surface area contributed by atoms with Crippen LogP contribution < -0.4 is 4.72 Å². The van der Waals surface area contributed by atoms with Gasteiger partial charge in [0.25, 0.3) is 0 Å². The highest BCUT2D eigenvalue weighted by molar-refractivity contribution is 7.89. The first-order valence-corrected chi connectivity index (χ1v) is 8.42. The molecule has 0 aliphatic carbocycles. The van der Waals surface area contributed by atoms with E-state index in [4.69, 9.17) is 16.0 Å². The number of sulfonamides is 1. The van der Waals surface area contributed by atoms with E-state index in [9.17, 15) is 8.42 Å². The molecule has 2 aromatic carbocycles. The minimum atomic E-state index is -3.65. The summed E-state index contributed by atoms with van der Waals surface area (Å²) in [5, 5.41) is 0.521. The fraction of sp³-hybridized carbons (Fsp3) is 0.133. The third kappa shape index (κ3) is 2.99. The van der Waals surface area contributed by atoms with E-state index in [-0.39, 0.29) is 11.4 Å². The Morgan fingerprint density at radius 1 is 1.23 bits per heavy atom. The summed E-state index contributed by atoms with van der Waals surface area (Å²) in [7, 11) is -3.65. The number of fused-ring (bicyclic) bond motifs is 1. The van der Waals surface area contributed by atoms with Gasteiger partial charge in [-0.15, -0.1) is 0 Å². The smallest absolute Gasteiger partial charge is 0.240 e. The Hall–Kier alpha value is -1.89. The minimum Gasteiger partial charge on any atom is -0.441 e. The summed E-state index contributed by atoms with van der Waals surface area (Å²) in [6.45, 7) is 1.84. The number of nitrogens with zero attached hydrogens (tertiary/aromatic N) is 1. The van der Waals surface area contributed by atoms with Gasteiger partial charge in [-0.3, -0.25) is 0 Å². The Labute approximate surface area is 133 Å². The molecule has 0 spiro atoms. The molecule has 0 atom stereocenters. The Kier molecular flexibility index (Phi) is 3.90. The first-order chi connectivity index (χ1) is 10.5. The van der Waals surface area contributed by atoms with Gasteiger partial charge in [0.05, 0.1) is 4.90 Å². The van der Waals surface area contributed by atoms with Crippen LogP contribution in [0.25, 0.3) is 11.1 Å². The van der Waals surface area contributed by atoms with Gasteiger partial charge < -0.3 is 4.42 Å². The Balaban J connectivity index is 1.86. The summed E-state index contributed by atoms with van der Waals surface area (Å²) in [6.07, 6.45) is 0. The van der Waals surface area contributed by atoms with E-state index in [0.29, 0.717) is 27.6 Å². The lowest BCUT2D eigenvalue weighted by Gasteiger charge is -2.08. The van der Waals surface area contributed by atoms with Gasteiger partial charge in [-0.2, -0.15) is 0 Å². The Bertz CT molecular complexity index is 935. The molecular weight excluding hydrogens is 324 g/mol. The fourth-order valence-corrected chi connectivity index (χ4v) is 3.32. The molecule has 0 amide bonds. The van der Waals surface area contributed by atoms with Crippen molar-refractivity contribution in [1.29, 1.82) is 0 Å². The number of aryl methyl sites for hydroxylation is 1. The average molecular weight is 337 g/mol. The van der Waals surface area contributed by atoms with Gasteiger partial charge in [0.2, 0.25) is 10.0 Å². The second-order valence-electron chi connectivity index (χ2n) is 4.78. The van der Waals surface area contributed by atoms with Crippen LogP contribution in [0.5, 0.6) is 0 Å². The van der Waals surface area contributed by atoms with Gasteiger partial charge >= 0.3 is 0 Å². The van der Waals surface area contributed by atoms with E-state index < -0.39 is 10.0 Å². The summed E-state index contributed by atoms with van der Waals surface area (Å²) in [6, 6.07) is 11.7. The summed E-state index contributed by atoms with van der Waals surface area (Å²) >= 11 is 6.02. The lowest BCUT2D eigenvalue weighted by atomic mass is 10.2. The number of halogens is 1. The molecule has 1 aromatic heterocycles. The zero-order valence-electron chi connectivity index (χ0n) is 11.7. The molecule has 0 fully saturated rings. The second-order valence-corrected chi connectivity index (χ2v) is 6.95. The van der Waals surface area contributed by atoms with Crippen LogP contribution in [0.2, 0.25) is 5.02 Å². The minimum absolute atomic E-state index is 0.123. The standard InChI is InChI=1S/C15H13ClN2O3S/c1-10-18-14-8-12(6-7-15(14)21-10)22(19,20)17-9-11-4-2-3-5-13(11)16/h2-8,17H,9H2,1H3. The van der Waals surface area contributed by atoms with Crippen molar-refractivity contribution in [1.82, 2.24) is 9.71 Å². The summed E-state index contributed by atoms with van der Waals surface area (Å²) in [5.74, 6) is 0.494. The van der Waals surface area contributed by atoms with E-state index in [0.717, 1.165) is 0 Å². The van der Waals surface area contributed by atoms with Crippen molar-refractivity contribution in [2.45, 2.75) is 18.4 Å². The predicted octanol–water partition coefficient (Wildman–Crippen LogP) is 3.27. The van der Waals surface area contributed by atoms with Crippen molar-refractivity contribution in [3.05, 3.63) is 58.9 Å². The van der Waals surface area contributed by atoms with E-state index in [1.165, 1.54) is 12.1 Å². The van der Waals surface area contributed by atoms with Crippen LogP contribution in [0.15, 0.2) is 51.8 Å². The lowest BCUT2D eigenvalue weighted by Crippen LogP contribution is -2.23. The van der Waals surface area contributed by atoms with Crippen LogP contribution in [0, 0.1) is 6.92 Å². The average Bonchev–Trinajstić information content (AvgIpc) is 2.85. The van der Waals surface area contributed by atoms with Gasteiger partial charge in [-0.05, 0) is 29.8 Å². The summed E-state index contributed by atoms with van der Waals surface area (Å²) < 4.78 is 32.6. The number of hydrogen-bond donors (Lipinski definition) is 1. The molecule has 3 aromatic rings. The molecule has 1 N–H and O–H groups in total. The zero-order valence-corrected chi connectivity index (χ0v) is 13.3. The van der Waals surface area contributed by atoms with Crippen molar-refractivity contribution in [3.63, 3.8) is 0 Å². The summed E-state index contributed by atoms with van der Waals surface area (Å²) in [5.41, 5.74) is 1.78. The van der Waals surface area contributed by atoms with Crippen molar-refractivity contribution in [2.75, 3.05) is 0 Å². The molecule has 0 saturated carbocycles. The van der Waals surface area contributed by atoms with Crippen LogP contribution in [0.1, 0.15) is 11.5 Å². The van der Waals surface area contributed by atoms with Gasteiger partial charge in [0, 0.05) is 18.5 Å². The maximum Gasteiger partial charge on any atom is 0.240 e. The lowest BCUT2D eigenvalue weighted by molar-refractivity contribution is 0.561. The van der Waals surface area contributed by atoms with Crippen LogP contribution in [0.3, 0.4) is 0 Å². The van der Waals surface area contributed by atoms with Crippen LogP contribution in [-0.2, 0) is 16.6 Å². The molecule has 7 heteroatoms. The first-order valence-electron chi connectivity index (χ1n) is 6.56. The highest BCUT2D eigenvalue weighted by Crippen LogP contribution is 2.20. The summed E-state index contributed by atoms with van der Waals surface area (Å²) in [4.78, 5) is 4.28. The predicted molar refractivity (Wildman–Crippen MR) is 84.2 cm³/mol. The first kappa shape index (κ1) is 15.0. The second kappa shape index (κ2) is 5.72. The topological polar surface area (TPSA) is 72.2 Å². The van der Waals surface area contributed by atoms with Gasteiger partial charge in [0.15, 0.2) is 11.5 Å². The van der Waals surface area contributed by atoms with Crippen LogP contribution >= 0.6 is 11.6 Å². The van der Waals surface area contributed by atoms with Gasteiger partial charge in [-0.25, -0.2) is 18.1 Å². The highest BCUT2D eigenvalue weighted by Gasteiger charge is 2.16. The van der Waals surface area contributed by atoms with E-state index >= 15 is 0 Å². The number of nitrogens with one attached hydrogen (secondary N) is 1. The molecule has 3 rings (SSSR count). The van der Waals surface area contributed by atoms with Gasteiger partial charge in [-0.1, -0.05) is 29.8 Å². The Morgan fingerprint density at radius 2 is 2.00 bits per heavy atom. The van der Waals surface area contributed by atoms with Crippen LogP contribution in [-0.4, -0.2) is 13.4 Å². The largest absolute Gasteiger partial charge is 0.441 e. The van der Waals surface area contributed by atoms with Gasteiger partial charge in [0.1, 0.15) is 5.52 Å². The SMILES string of the molecule is Cc1nc2cc(S(=O)(=O)NCc3ccccc3Cl)ccc2o1. The number of oxazole rings is 1. The number of aromatic nitrogens is 1. The van der Waals surface area contributed by atoms with Crippen molar-refractivity contribution >= 4 is 32.7 Å². The highest BCUT2D eigenvalue weighted by atomic mass is 35.5. The van der Waals surface area contributed by atoms with E-state index in [1.54, 1.807) is 37.3 Å². The molecule has 0 aliphatic rings. The van der Waals surface area contributed by atoms with Crippen molar-refractivity contribution < 1.29 is 12.8 Å². The number of hydrogen-bond acceptors (Lipinski definition) is 4. The molecule has 0 aliphatic heterocycles. The monoisotopic (exact) mass is 336 g/mol. The van der Waals surface area contributed by atoms with Crippen LogP contribution in [0.4, 0.5) is 0 Å². The third-order valence-corrected chi connectivity index (χ3v) is 4.95. The normalized spacial score (nSPS) is 11.9. The zero-order chi connectivity index (χ0) is 15.7. The Morgan fingerprint density at radius 3 is 2.77 bits per heavy atom. The maximum absolute atomic E-state index is 12.4. The van der Waals surface area contributed by atoms with Crippen molar-refractivity contribution in [2.24, 2.45) is 0 Å². The molecule has 5 nitrogen and oxygen atoms in total. The molecule has 22 heavy (non-hydrogen) atoms. The number of benzene rings is 2. The molecule has 114 valence electrons. The fourth-order valence-electron chi connectivity index (χ4n) is 2.09.